The van der Waals surface area contributed by atoms with Gasteiger partial charge in [-0.2, -0.15) is 0 Å². The fourth-order valence-corrected chi connectivity index (χ4v) is 0.837. The Balaban J connectivity index is 3.09. The zero-order valence-electron chi connectivity index (χ0n) is 5.76. The van der Waals surface area contributed by atoms with E-state index in [4.69, 9.17) is 5.11 Å². The fourth-order valence-electron chi connectivity index (χ4n) is 0.837. The number of halogens is 1. The number of phenols is 1. The third-order valence-electron chi connectivity index (χ3n) is 1.42. The summed E-state index contributed by atoms with van der Waals surface area (Å²) in [5, 5.41) is 9.07. The van der Waals surface area contributed by atoms with Crippen molar-refractivity contribution in [1.82, 2.24) is 0 Å². The van der Waals surface area contributed by atoms with Crippen LogP contribution in [0.15, 0.2) is 18.2 Å². The average Bonchev–Trinajstić information content (AvgIpc) is 1.94. The van der Waals surface area contributed by atoms with Crippen molar-refractivity contribution in [2.24, 2.45) is 0 Å². The molecule has 1 aromatic carbocycles. The van der Waals surface area contributed by atoms with Crippen molar-refractivity contribution in [3.05, 3.63) is 29.6 Å². The molecule has 1 rings (SSSR count). The molecule has 0 unspecified atom stereocenters. The van der Waals surface area contributed by atoms with Gasteiger partial charge in [0, 0.05) is 0 Å². The van der Waals surface area contributed by atoms with Gasteiger partial charge in [0.2, 0.25) is 0 Å². The summed E-state index contributed by atoms with van der Waals surface area (Å²) in [6, 6.07) is 3.96. The lowest BCUT2D eigenvalue weighted by Crippen LogP contribution is -1.82. The van der Waals surface area contributed by atoms with Gasteiger partial charge >= 0.3 is 0 Å². The summed E-state index contributed by atoms with van der Waals surface area (Å²) in [5.41, 5.74) is 0.653. The highest BCUT2D eigenvalue weighted by atomic mass is 19.1. The molecule has 0 bridgehead atoms. The Morgan fingerprint density at radius 2 is 2.20 bits per heavy atom. The highest BCUT2D eigenvalue weighted by molar-refractivity contribution is 5.32. The van der Waals surface area contributed by atoms with Gasteiger partial charge in [-0.15, -0.1) is 0 Å². The van der Waals surface area contributed by atoms with Crippen molar-refractivity contribution in [2.75, 3.05) is 0 Å². The van der Waals surface area contributed by atoms with Gasteiger partial charge in [-0.25, -0.2) is 4.39 Å². The minimum atomic E-state index is -0.297. The smallest absolute Gasteiger partial charge is 0.123 e. The molecule has 0 radical (unpaired) electrons. The van der Waals surface area contributed by atoms with Crippen LogP contribution in [0.1, 0.15) is 12.5 Å². The zero-order valence-corrected chi connectivity index (χ0v) is 5.76. The zero-order chi connectivity index (χ0) is 7.56. The molecule has 2 heteroatoms. The minimum Gasteiger partial charge on any atom is -0.508 e. The maximum Gasteiger partial charge on any atom is 0.123 e. The van der Waals surface area contributed by atoms with Crippen LogP contribution in [0, 0.1) is 5.82 Å². The van der Waals surface area contributed by atoms with E-state index in [2.05, 4.69) is 0 Å². The minimum absolute atomic E-state index is 0.170. The van der Waals surface area contributed by atoms with Crippen LogP contribution < -0.4 is 0 Å². The van der Waals surface area contributed by atoms with Crippen LogP contribution in [0.4, 0.5) is 4.39 Å². The molecule has 0 saturated heterocycles. The van der Waals surface area contributed by atoms with Crippen molar-refractivity contribution in [2.45, 2.75) is 13.3 Å². The van der Waals surface area contributed by atoms with E-state index in [-0.39, 0.29) is 11.6 Å². The number of aromatic hydroxyl groups is 1. The molecule has 10 heavy (non-hydrogen) atoms. The molecule has 0 spiro atoms. The van der Waals surface area contributed by atoms with Crippen LogP contribution in [-0.2, 0) is 6.42 Å². The number of hydrogen-bond donors (Lipinski definition) is 1. The summed E-state index contributed by atoms with van der Waals surface area (Å²) in [6.45, 7) is 1.87. The molecule has 1 N–H and O–H groups in total. The number of hydrogen-bond acceptors (Lipinski definition) is 1. The van der Waals surface area contributed by atoms with Crippen LogP contribution in [0.2, 0.25) is 0 Å². The van der Waals surface area contributed by atoms with Crippen molar-refractivity contribution in [3.8, 4) is 5.75 Å². The van der Waals surface area contributed by atoms with Crippen LogP contribution >= 0.6 is 0 Å². The molecule has 0 amide bonds. The highest BCUT2D eigenvalue weighted by Gasteiger charge is 1.98. The Morgan fingerprint density at radius 1 is 1.50 bits per heavy atom. The molecule has 0 saturated carbocycles. The number of benzene rings is 1. The second-order valence-corrected chi connectivity index (χ2v) is 2.13. The van der Waals surface area contributed by atoms with E-state index in [1.54, 1.807) is 0 Å². The van der Waals surface area contributed by atoms with Crippen LogP contribution in [0.5, 0.6) is 5.75 Å². The standard InChI is InChI=1S/C8H9FO/c1-2-6-5-7(9)3-4-8(6)10/h3-5,10H,2H2,1H3. The monoisotopic (exact) mass is 140 g/mol. The summed E-state index contributed by atoms with van der Waals surface area (Å²) in [7, 11) is 0. The van der Waals surface area contributed by atoms with E-state index in [0.717, 1.165) is 0 Å². The molecule has 0 heterocycles. The molecular weight excluding hydrogens is 131 g/mol. The Labute approximate surface area is 59.1 Å². The molecule has 54 valence electrons. The van der Waals surface area contributed by atoms with Crippen LogP contribution in [0.3, 0.4) is 0 Å². The van der Waals surface area contributed by atoms with Crippen molar-refractivity contribution < 1.29 is 9.50 Å². The first-order valence-corrected chi connectivity index (χ1v) is 3.21. The first kappa shape index (κ1) is 7.06. The van der Waals surface area contributed by atoms with Gasteiger partial charge in [-0.3, -0.25) is 0 Å². The summed E-state index contributed by atoms with van der Waals surface area (Å²) in [6.07, 6.45) is 0.656. The lowest BCUT2D eigenvalue weighted by atomic mass is 10.1. The number of aryl methyl sites for hydroxylation is 1. The van der Waals surface area contributed by atoms with Gasteiger partial charge in [0.25, 0.3) is 0 Å². The topological polar surface area (TPSA) is 20.2 Å². The molecule has 1 aromatic rings. The molecule has 0 aliphatic heterocycles. The van der Waals surface area contributed by atoms with Gasteiger partial charge < -0.3 is 5.11 Å². The Kier molecular flexibility index (Phi) is 1.90. The molecular formula is C8H9FO. The van der Waals surface area contributed by atoms with E-state index in [1.165, 1.54) is 18.2 Å². The van der Waals surface area contributed by atoms with E-state index in [9.17, 15) is 4.39 Å². The third-order valence-corrected chi connectivity index (χ3v) is 1.42. The fraction of sp³-hybridized carbons (Fsp3) is 0.250. The van der Waals surface area contributed by atoms with E-state index in [0.29, 0.717) is 12.0 Å². The van der Waals surface area contributed by atoms with Gasteiger partial charge in [0.15, 0.2) is 0 Å². The van der Waals surface area contributed by atoms with Crippen LogP contribution in [0.25, 0.3) is 0 Å². The predicted octanol–water partition coefficient (Wildman–Crippen LogP) is 2.09. The average molecular weight is 140 g/mol. The number of rotatable bonds is 1. The normalized spacial score (nSPS) is 9.80. The predicted molar refractivity (Wildman–Crippen MR) is 37.4 cm³/mol. The SMILES string of the molecule is CCc1cc(F)ccc1O. The summed E-state index contributed by atoms with van der Waals surface area (Å²) in [4.78, 5) is 0. The van der Waals surface area contributed by atoms with Crippen molar-refractivity contribution in [1.29, 1.82) is 0 Å². The second-order valence-electron chi connectivity index (χ2n) is 2.13. The summed E-state index contributed by atoms with van der Waals surface area (Å²) in [5.74, 6) is -0.126. The molecule has 0 atom stereocenters. The van der Waals surface area contributed by atoms with Crippen molar-refractivity contribution in [3.63, 3.8) is 0 Å². The Morgan fingerprint density at radius 3 is 2.70 bits per heavy atom. The Hall–Kier alpha value is -1.05. The first-order valence-electron chi connectivity index (χ1n) is 3.21. The lowest BCUT2D eigenvalue weighted by molar-refractivity contribution is 0.466. The summed E-state index contributed by atoms with van der Waals surface area (Å²) >= 11 is 0. The molecule has 0 aliphatic rings. The highest BCUT2D eigenvalue weighted by Crippen LogP contribution is 2.17. The van der Waals surface area contributed by atoms with Gasteiger partial charge in [-0.1, -0.05) is 6.92 Å². The molecule has 0 aliphatic carbocycles. The van der Waals surface area contributed by atoms with Crippen molar-refractivity contribution >= 4 is 0 Å². The quantitative estimate of drug-likeness (QED) is 0.633. The van der Waals surface area contributed by atoms with Gasteiger partial charge in [0.05, 0.1) is 0 Å². The molecule has 1 nitrogen and oxygen atoms in total. The lowest BCUT2D eigenvalue weighted by Gasteiger charge is -1.98. The van der Waals surface area contributed by atoms with E-state index < -0.39 is 0 Å². The largest absolute Gasteiger partial charge is 0.508 e. The molecule has 0 fully saturated rings. The maximum absolute atomic E-state index is 12.4. The second kappa shape index (κ2) is 2.69. The Bertz CT molecular complexity index is 233. The molecule has 0 aromatic heterocycles. The van der Waals surface area contributed by atoms with E-state index in [1.807, 2.05) is 6.92 Å². The van der Waals surface area contributed by atoms with Gasteiger partial charge in [0.1, 0.15) is 11.6 Å². The summed E-state index contributed by atoms with van der Waals surface area (Å²) < 4.78 is 12.4. The van der Waals surface area contributed by atoms with E-state index >= 15 is 0 Å². The first-order chi connectivity index (χ1) is 4.74. The van der Waals surface area contributed by atoms with Crippen LogP contribution in [-0.4, -0.2) is 5.11 Å². The number of phenolic OH excluding ortho intramolecular Hbond substituents is 1. The third kappa shape index (κ3) is 1.26. The maximum atomic E-state index is 12.4. The van der Waals surface area contributed by atoms with Gasteiger partial charge in [-0.05, 0) is 30.2 Å².